The smallest absolute Gasteiger partial charge is 0.220 e. The number of nitrogens with one attached hydrogen (secondary N) is 1. The highest BCUT2D eigenvalue weighted by Gasteiger charge is 2.44. The lowest BCUT2D eigenvalue weighted by Crippen LogP contribution is -2.60. The van der Waals surface area contributed by atoms with E-state index in [0.717, 1.165) is 51.4 Å². The first kappa shape index (κ1) is 69.9. The predicted molar refractivity (Wildman–Crippen MR) is 313 cm³/mol. The summed E-state index contributed by atoms with van der Waals surface area (Å²) >= 11 is 0. The van der Waals surface area contributed by atoms with E-state index in [9.17, 15) is 30.3 Å². The quantitative estimate of drug-likeness (QED) is 0.0261. The summed E-state index contributed by atoms with van der Waals surface area (Å²) in [6, 6.07) is -0.831. The molecule has 0 saturated carbocycles. The number of hydrogen-bond donors (Lipinski definition) is 6. The normalized spacial score (nSPS) is 19.4. The lowest BCUT2D eigenvalue weighted by Gasteiger charge is -2.40. The molecule has 0 bridgehead atoms. The van der Waals surface area contributed by atoms with Gasteiger partial charge in [-0.15, -0.1) is 0 Å². The first-order chi connectivity index (χ1) is 36.3. The molecule has 7 atom stereocenters. The Balaban J connectivity index is 2.21. The zero-order valence-electron chi connectivity index (χ0n) is 48.1. The monoisotopic (exact) mass is 1040 g/mol. The van der Waals surface area contributed by atoms with Crippen LogP contribution in [0.1, 0.15) is 290 Å². The van der Waals surface area contributed by atoms with Gasteiger partial charge in [0.1, 0.15) is 24.4 Å². The van der Waals surface area contributed by atoms with Crippen molar-refractivity contribution in [1.82, 2.24) is 5.32 Å². The maximum atomic E-state index is 13.1. The van der Waals surface area contributed by atoms with E-state index in [4.69, 9.17) is 9.47 Å². The molecule has 0 aliphatic carbocycles. The fourth-order valence-electron chi connectivity index (χ4n) is 9.81. The van der Waals surface area contributed by atoms with E-state index in [1.54, 1.807) is 6.08 Å². The lowest BCUT2D eigenvalue weighted by atomic mass is 9.99. The van der Waals surface area contributed by atoms with Crippen molar-refractivity contribution in [3.63, 3.8) is 0 Å². The molecule has 7 unspecified atom stereocenters. The van der Waals surface area contributed by atoms with Gasteiger partial charge in [0.25, 0.3) is 0 Å². The van der Waals surface area contributed by atoms with Gasteiger partial charge in [-0.2, -0.15) is 0 Å². The van der Waals surface area contributed by atoms with Gasteiger partial charge >= 0.3 is 0 Å². The number of allylic oxidation sites excluding steroid dienone is 9. The topological polar surface area (TPSA) is 149 Å². The second-order valence-electron chi connectivity index (χ2n) is 21.8. The van der Waals surface area contributed by atoms with Crippen LogP contribution < -0.4 is 5.32 Å². The maximum absolute atomic E-state index is 13.1. The minimum Gasteiger partial charge on any atom is -0.394 e. The van der Waals surface area contributed by atoms with Crippen molar-refractivity contribution in [3.8, 4) is 0 Å². The molecule has 1 rings (SSSR count). The Morgan fingerprint density at radius 3 is 1.22 bits per heavy atom. The van der Waals surface area contributed by atoms with Crippen LogP contribution in [0.15, 0.2) is 60.8 Å². The van der Waals surface area contributed by atoms with E-state index in [0.29, 0.717) is 6.42 Å². The Bertz CT molecular complexity index is 1350. The van der Waals surface area contributed by atoms with Gasteiger partial charge in [0, 0.05) is 6.42 Å². The molecule has 1 aliphatic heterocycles. The van der Waals surface area contributed by atoms with Crippen LogP contribution in [-0.2, 0) is 14.3 Å². The van der Waals surface area contributed by atoms with Crippen molar-refractivity contribution in [2.45, 2.75) is 333 Å². The van der Waals surface area contributed by atoms with Crippen molar-refractivity contribution in [2.75, 3.05) is 13.2 Å². The zero-order chi connectivity index (χ0) is 53.6. The molecular weight excluding hydrogens is 923 g/mol. The Morgan fingerprint density at radius 1 is 0.459 bits per heavy atom. The van der Waals surface area contributed by atoms with Crippen LogP contribution in [0.5, 0.6) is 0 Å². The van der Waals surface area contributed by atoms with Crippen molar-refractivity contribution in [3.05, 3.63) is 60.8 Å². The molecule has 6 N–H and O–H groups in total. The van der Waals surface area contributed by atoms with Crippen LogP contribution in [0.25, 0.3) is 0 Å². The van der Waals surface area contributed by atoms with Gasteiger partial charge < -0.3 is 40.3 Å². The summed E-state index contributed by atoms with van der Waals surface area (Å²) in [5.41, 5.74) is 0. The number of amides is 1. The third-order valence-electron chi connectivity index (χ3n) is 14.8. The predicted octanol–water partition coefficient (Wildman–Crippen LogP) is 16.2. The summed E-state index contributed by atoms with van der Waals surface area (Å²) in [4.78, 5) is 13.1. The summed E-state index contributed by atoms with van der Waals surface area (Å²) in [5, 5.41) is 54.6. The van der Waals surface area contributed by atoms with Crippen LogP contribution >= 0.6 is 0 Å². The molecular formula is C65H119NO8. The Hall–Kier alpha value is -2.11. The zero-order valence-corrected chi connectivity index (χ0v) is 48.1. The summed E-state index contributed by atoms with van der Waals surface area (Å²) in [6.45, 7) is 3.78. The molecule has 9 heteroatoms. The number of carbonyl (C=O) groups excluding carboxylic acids is 1. The number of carbonyl (C=O) groups is 1. The molecule has 0 spiro atoms. The largest absolute Gasteiger partial charge is 0.394 e. The fourth-order valence-corrected chi connectivity index (χ4v) is 9.81. The first-order valence-corrected chi connectivity index (χ1v) is 31.5. The van der Waals surface area contributed by atoms with Gasteiger partial charge in [-0.1, -0.05) is 267 Å². The van der Waals surface area contributed by atoms with Gasteiger partial charge in [0.15, 0.2) is 6.29 Å². The summed E-state index contributed by atoms with van der Waals surface area (Å²) in [6.07, 6.45) is 67.3. The van der Waals surface area contributed by atoms with Gasteiger partial charge in [-0.3, -0.25) is 4.79 Å². The average molecular weight is 1040 g/mol. The standard InChI is InChI=1S/C65H119NO8/c1-3-5-7-9-11-13-15-17-19-21-23-25-27-28-29-30-31-32-33-35-37-39-41-43-45-47-49-51-53-55-61(69)66-58(57-73-65-64(72)63(71)62(70)60(56-67)74-65)59(68)54-52-50-48-46-44-42-40-38-36-34-26-24-22-20-18-16-14-12-10-8-6-4-2/h23,25,28-29,36,38,44,46,52,54,58-60,62-65,67-68,70-72H,3-22,24,26-27,30-35,37,39-43,45,47-51,53,55-57H2,1-2H3,(H,66,69)/b25-23-,29-28-,38-36+,46-44+,54-52+. The molecule has 0 aromatic rings. The van der Waals surface area contributed by atoms with E-state index >= 15 is 0 Å². The third kappa shape index (κ3) is 42.9. The molecule has 9 nitrogen and oxygen atoms in total. The first-order valence-electron chi connectivity index (χ1n) is 31.5. The van der Waals surface area contributed by atoms with E-state index in [1.165, 1.54) is 218 Å². The highest BCUT2D eigenvalue weighted by atomic mass is 16.7. The van der Waals surface area contributed by atoms with Gasteiger partial charge in [-0.05, 0) is 77.0 Å². The molecule has 74 heavy (non-hydrogen) atoms. The number of aliphatic hydroxyl groups excluding tert-OH is 5. The van der Waals surface area contributed by atoms with Crippen LogP contribution in [0, 0.1) is 0 Å². The molecule has 1 fully saturated rings. The van der Waals surface area contributed by atoms with Crippen molar-refractivity contribution >= 4 is 5.91 Å². The molecule has 1 aliphatic rings. The Labute approximate surface area is 456 Å². The summed E-state index contributed by atoms with van der Waals surface area (Å²) in [7, 11) is 0. The van der Waals surface area contributed by atoms with Crippen LogP contribution in [0.4, 0.5) is 0 Å². The SMILES string of the molecule is CCCCCCCCCCC/C=C\C/C=C\CCCCCCCCCCCCCCCC(=O)NC(COC1OC(CO)C(O)C(O)C1O)C(O)/C=C/CC/C=C/CC/C=C/CCCCCCCCCCCCCC. The van der Waals surface area contributed by atoms with Crippen molar-refractivity contribution in [1.29, 1.82) is 0 Å². The van der Waals surface area contributed by atoms with E-state index in [2.05, 4.69) is 67.8 Å². The maximum Gasteiger partial charge on any atom is 0.220 e. The van der Waals surface area contributed by atoms with E-state index in [-0.39, 0.29) is 12.5 Å². The van der Waals surface area contributed by atoms with Gasteiger partial charge in [-0.25, -0.2) is 0 Å². The molecule has 0 aromatic carbocycles. The summed E-state index contributed by atoms with van der Waals surface area (Å²) < 4.78 is 11.3. The average Bonchev–Trinajstić information content (AvgIpc) is 3.40. The van der Waals surface area contributed by atoms with E-state index in [1.807, 2.05) is 6.08 Å². The highest BCUT2D eigenvalue weighted by molar-refractivity contribution is 5.76. The van der Waals surface area contributed by atoms with Gasteiger partial charge in [0.05, 0.1) is 25.4 Å². The highest BCUT2D eigenvalue weighted by Crippen LogP contribution is 2.23. The van der Waals surface area contributed by atoms with Crippen LogP contribution in [0.2, 0.25) is 0 Å². The van der Waals surface area contributed by atoms with E-state index < -0.39 is 49.5 Å². The number of aliphatic hydroxyl groups is 5. The van der Waals surface area contributed by atoms with Crippen LogP contribution in [0.3, 0.4) is 0 Å². The number of rotatable bonds is 54. The Kier molecular flexibility index (Phi) is 51.3. The second kappa shape index (κ2) is 54.3. The molecule has 0 aromatic heterocycles. The fraction of sp³-hybridized carbons (Fsp3) is 0.831. The minimum absolute atomic E-state index is 0.190. The minimum atomic E-state index is -1.58. The number of unbranched alkanes of at least 4 members (excludes halogenated alkanes) is 36. The molecule has 1 heterocycles. The second-order valence-corrected chi connectivity index (χ2v) is 21.8. The molecule has 432 valence electrons. The Morgan fingerprint density at radius 2 is 0.811 bits per heavy atom. The van der Waals surface area contributed by atoms with Crippen LogP contribution in [-0.4, -0.2) is 87.5 Å². The molecule has 0 radical (unpaired) electrons. The number of ether oxygens (including phenoxy) is 2. The molecule has 1 saturated heterocycles. The van der Waals surface area contributed by atoms with Crippen molar-refractivity contribution in [2.24, 2.45) is 0 Å². The third-order valence-corrected chi connectivity index (χ3v) is 14.8. The van der Waals surface area contributed by atoms with Crippen molar-refractivity contribution < 1.29 is 39.8 Å². The summed E-state index contributed by atoms with van der Waals surface area (Å²) in [5.74, 6) is -0.190. The van der Waals surface area contributed by atoms with Gasteiger partial charge in [0.2, 0.25) is 5.91 Å². The number of hydrogen-bond acceptors (Lipinski definition) is 8. The lowest BCUT2D eigenvalue weighted by molar-refractivity contribution is -0.302. The molecule has 1 amide bonds.